The van der Waals surface area contributed by atoms with Gasteiger partial charge in [-0.2, -0.15) is 13.2 Å². The van der Waals surface area contributed by atoms with E-state index < -0.39 is 11.7 Å². The van der Waals surface area contributed by atoms with Gasteiger partial charge >= 0.3 is 6.18 Å². The van der Waals surface area contributed by atoms with Crippen molar-refractivity contribution in [3.05, 3.63) is 71.3 Å². The summed E-state index contributed by atoms with van der Waals surface area (Å²) in [6.45, 7) is 7.04. The summed E-state index contributed by atoms with van der Waals surface area (Å²) in [6.07, 6.45) is -4.29. The standard InChI is InChI=1S/C19H22F3N/c1-4-23(14(2)16-8-6-5-7-9-16)15(3)17-10-12-18(13-11-17)19(20,21)22/h5-15H,4H2,1-3H3/t14-,15?/m1/s1. The minimum absolute atomic E-state index is 0.0393. The molecule has 0 aliphatic rings. The van der Waals surface area contributed by atoms with Gasteiger partial charge in [-0.25, -0.2) is 0 Å². The van der Waals surface area contributed by atoms with E-state index in [1.54, 1.807) is 12.1 Å². The molecule has 1 nitrogen and oxygen atoms in total. The normalized spacial score (nSPS) is 14.7. The molecule has 23 heavy (non-hydrogen) atoms. The first-order valence-corrected chi connectivity index (χ1v) is 7.82. The van der Waals surface area contributed by atoms with E-state index in [1.165, 1.54) is 5.56 Å². The Bertz CT molecular complexity index is 605. The van der Waals surface area contributed by atoms with Crippen molar-refractivity contribution >= 4 is 0 Å². The maximum atomic E-state index is 12.7. The van der Waals surface area contributed by atoms with E-state index in [9.17, 15) is 13.2 Å². The number of benzene rings is 2. The summed E-state index contributed by atoms with van der Waals surface area (Å²) in [5, 5.41) is 0. The van der Waals surface area contributed by atoms with Crippen LogP contribution in [0.1, 0.15) is 49.5 Å². The molecule has 0 amide bonds. The molecule has 2 aromatic carbocycles. The molecule has 0 heterocycles. The first-order valence-electron chi connectivity index (χ1n) is 7.82. The molecule has 0 saturated heterocycles. The molecule has 2 aromatic rings. The topological polar surface area (TPSA) is 3.24 Å². The monoisotopic (exact) mass is 321 g/mol. The van der Waals surface area contributed by atoms with Gasteiger partial charge in [0, 0.05) is 12.1 Å². The molecule has 0 radical (unpaired) electrons. The number of hydrogen-bond donors (Lipinski definition) is 0. The second-order valence-electron chi connectivity index (χ2n) is 5.71. The van der Waals surface area contributed by atoms with Crippen LogP contribution in [0.4, 0.5) is 13.2 Å². The van der Waals surface area contributed by atoms with E-state index in [2.05, 4.69) is 30.9 Å². The Hall–Kier alpha value is -1.81. The van der Waals surface area contributed by atoms with E-state index in [4.69, 9.17) is 0 Å². The van der Waals surface area contributed by atoms with Crippen molar-refractivity contribution in [1.29, 1.82) is 0 Å². The SMILES string of the molecule is CCN(C(C)c1ccc(C(F)(F)F)cc1)[C@H](C)c1ccccc1. The van der Waals surface area contributed by atoms with Crippen LogP contribution < -0.4 is 0 Å². The van der Waals surface area contributed by atoms with Crippen LogP contribution in [0.5, 0.6) is 0 Å². The minimum Gasteiger partial charge on any atom is -0.290 e. The average Bonchev–Trinajstić information content (AvgIpc) is 2.55. The first-order chi connectivity index (χ1) is 10.8. The van der Waals surface area contributed by atoms with Crippen molar-refractivity contribution in [3.63, 3.8) is 0 Å². The smallest absolute Gasteiger partial charge is 0.290 e. The van der Waals surface area contributed by atoms with Gasteiger partial charge in [-0.05, 0) is 43.7 Å². The lowest BCUT2D eigenvalue weighted by Crippen LogP contribution is -2.29. The third-order valence-electron chi connectivity index (χ3n) is 4.36. The van der Waals surface area contributed by atoms with Gasteiger partial charge in [0.1, 0.15) is 0 Å². The lowest BCUT2D eigenvalue weighted by Gasteiger charge is -2.34. The number of rotatable bonds is 5. The van der Waals surface area contributed by atoms with Crippen molar-refractivity contribution in [1.82, 2.24) is 4.90 Å². The molecule has 4 heteroatoms. The summed E-state index contributed by atoms with van der Waals surface area (Å²) >= 11 is 0. The molecular formula is C19H22F3N. The van der Waals surface area contributed by atoms with Gasteiger partial charge in [-0.15, -0.1) is 0 Å². The summed E-state index contributed by atoms with van der Waals surface area (Å²) in [6, 6.07) is 15.8. The Morgan fingerprint density at radius 2 is 1.30 bits per heavy atom. The maximum absolute atomic E-state index is 12.7. The quantitative estimate of drug-likeness (QED) is 0.667. The number of alkyl halides is 3. The predicted molar refractivity (Wildman–Crippen MR) is 87.1 cm³/mol. The molecule has 2 atom stereocenters. The Labute approximate surface area is 135 Å². The van der Waals surface area contributed by atoms with E-state index in [-0.39, 0.29) is 12.1 Å². The fourth-order valence-electron chi connectivity index (χ4n) is 2.95. The van der Waals surface area contributed by atoms with Gasteiger partial charge in [0.15, 0.2) is 0 Å². The Morgan fingerprint density at radius 3 is 1.74 bits per heavy atom. The lowest BCUT2D eigenvalue weighted by atomic mass is 10.0. The Morgan fingerprint density at radius 1 is 0.826 bits per heavy atom. The maximum Gasteiger partial charge on any atom is 0.416 e. The average molecular weight is 321 g/mol. The number of halogens is 3. The van der Waals surface area contributed by atoms with Crippen LogP contribution in [0.15, 0.2) is 54.6 Å². The molecule has 0 fully saturated rings. The lowest BCUT2D eigenvalue weighted by molar-refractivity contribution is -0.137. The zero-order valence-electron chi connectivity index (χ0n) is 13.6. The molecule has 0 aliphatic heterocycles. The highest BCUT2D eigenvalue weighted by Gasteiger charge is 2.30. The highest BCUT2D eigenvalue weighted by Crippen LogP contribution is 2.33. The van der Waals surface area contributed by atoms with Crippen molar-refractivity contribution in [2.24, 2.45) is 0 Å². The van der Waals surface area contributed by atoms with Crippen LogP contribution in [0, 0.1) is 0 Å². The highest BCUT2D eigenvalue weighted by molar-refractivity contribution is 5.27. The molecule has 0 saturated carbocycles. The summed E-state index contributed by atoms with van der Waals surface area (Å²) < 4.78 is 38.1. The third-order valence-corrected chi connectivity index (χ3v) is 4.36. The highest BCUT2D eigenvalue weighted by atomic mass is 19.4. The van der Waals surface area contributed by atoms with Gasteiger partial charge in [-0.3, -0.25) is 4.90 Å². The van der Waals surface area contributed by atoms with Crippen LogP contribution in [-0.4, -0.2) is 11.4 Å². The van der Waals surface area contributed by atoms with E-state index in [0.29, 0.717) is 0 Å². The largest absolute Gasteiger partial charge is 0.416 e. The van der Waals surface area contributed by atoms with Gasteiger partial charge in [0.25, 0.3) is 0 Å². The van der Waals surface area contributed by atoms with Crippen LogP contribution in [0.25, 0.3) is 0 Å². The van der Waals surface area contributed by atoms with Gasteiger partial charge in [-0.1, -0.05) is 49.4 Å². The van der Waals surface area contributed by atoms with Crippen LogP contribution >= 0.6 is 0 Å². The van der Waals surface area contributed by atoms with Gasteiger partial charge in [0.2, 0.25) is 0 Å². The van der Waals surface area contributed by atoms with Crippen molar-refractivity contribution < 1.29 is 13.2 Å². The van der Waals surface area contributed by atoms with Crippen molar-refractivity contribution in [2.75, 3.05) is 6.54 Å². The van der Waals surface area contributed by atoms with Crippen LogP contribution in [-0.2, 0) is 6.18 Å². The third kappa shape index (κ3) is 4.14. The molecule has 2 rings (SSSR count). The molecule has 124 valence electrons. The van der Waals surface area contributed by atoms with Gasteiger partial charge < -0.3 is 0 Å². The van der Waals surface area contributed by atoms with Crippen molar-refractivity contribution in [2.45, 2.75) is 39.0 Å². The van der Waals surface area contributed by atoms with E-state index in [1.807, 2.05) is 25.1 Å². The van der Waals surface area contributed by atoms with E-state index >= 15 is 0 Å². The molecule has 1 unspecified atom stereocenters. The summed E-state index contributed by atoms with van der Waals surface area (Å²) in [4.78, 5) is 2.28. The number of nitrogens with zero attached hydrogens (tertiary/aromatic N) is 1. The fourth-order valence-corrected chi connectivity index (χ4v) is 2.95. The van der Waals surface area contributed by atoms with Gasteiger partial charge in [0.05, 0.1) is 5.56 Å². The Balaban J connectivity index is 2.21. The zero-order valence-corrected chi connectivity index (χ0v) is 13.6. The molecule has 0 aromatic heterocycles. The first kappa shape index (κ1) is 17.5. The van der Waals surface area contributed by atoms with Crippen LogP contribution in [0.2, 0.25) is 0 Å². The van der Waals surface area contributed by atoms with Crippen LogP contribution in [0.3, 0.4) is 0 Å². The second-order valence-corrected chi connectivity index (χ2v) is 5.71. The zero-order chi connectivity index (χ0) is 17.0. The number of hydrogen-bond acceptors (Lipinski definition) is 1. The molecule has 0 spiro atoms. The summed E-state index contributed by atoms with van der Waals surface area (Å²) in [7, 11) is 0. The van der Waals surface area contributed by atoms with E-state index in [0.717, 1.165) is 24.2 Å². The fraction of sp³-hybridized carbons (Fsp3) is 0.368. The molecular weight excluding hydrogens is 299 g/mol. The summed E-state index contributed by atoms with van der Waals surface area (Å²) in [5.74, 6) is 0. The molecule has 0 bridgehead atoms. The Kier molecular flexibility index (Phi) is 5.47. The summed E-state index contributed by atoms with van der Waals surface area (Å²) in [5.41, 5.74) is 1.49. The van der Waals surface area contributed by atoms with Crippen molar-refractivity contribution in [3.8, 4) is 0 Å². The molecule has 0 aliphatic carbocycles. The predicted octanol–water partition coefficient (Wildman–Crippen LogP) is 5.85. The minimum atomic E-state index is -4.29. The second kappa shape index (κ2) is 7.18. The molecule has 0 N–H and O–H groups in total.